The third-order valence-corrected chi connectivity index (χ3v) is 200. The third kappa shape index (κ3) is 110. The molecule has 0 nitrogen and oxygen atoms in total. The zero-order valence-electron chi connectivity index (χ0n) is 37.6. The second kappa shape index (κ2) is 111. The van der Waals surface area contributed by atoms with E-state index in [2.05, 4.69) is 0 Å². The molecule has 0 spiro atoms. The average molecular weight is 2950 g/mol. The Morgan fingerprint density at radius 1 is 0.0543 bits per heavy atom. The lowest BCUT2D eigenvalue weighted by molar-refractivity contribution is 5.95. The van der Waals surface area contributed by atoms with Crippen molar-refractivity contribution in [2.45, 2.75) is 0 Å². The molecule has 0 saturated carbocycles. The van der Waals surface area contributed by atoms with Crippen LogP contribution in [0.4, 0.5) is 0 Å². The van der Waals surface area contributed by atoms with Crippen LogP contribution in [0.3, 0.4) is 0 Å². The second-order valence-corrected chi connectivity index (χ2v) is 165. The molecule has 0 aliphatic rings. The van der Waals surface area contributed by atoms with Gasteiger partial charge in [-0.2, -0.15) is 0 Å². The van der Waals surface area contributed by atoms with Crippen LogP contribution in [0.25, 0.3) is 0 Å². The van der Waals surface area contributed by atoms with E-state index in [1.807, 2.05) is 675 Å². The van der Waals surface area contributed by atoms with Gasteiger partial charge in [0.1, 0.15) is 0 Å². The highest BCUT2D eigenvalue weighted by Crippen LogP contribution is 1.50. The molecule has 0 aliphatic heterocycles. The Morgan fingerprint density at radius 2 is 0.0870 bits per heavy atom. The lowest BCUT2D eigenvalue weighted by Crippen LogP contribution is -1.41. The maximum absolute atomic E-state index is 4.83. The summed E-state index contributed by atoms with van der Waals surface area (Å²) < 4.78 is 0. The van der Waals surface area contributed by atoms with Gasteiger partial charge in [-0.15, -0.1) is 0 Å². The predicted octanol–water partition coefficient (Wildman–Crippen LogP) is -0.221. The lowest BCUT2D eigenvalue weighted by Gasteiger charge is -1.41. The van der Waals surface area contributed by atoms with Crippen LogP contribution < -0.4 is 0 Å². The van der Waals surface area contributed by atoms with Gasteiger partial charge in [0.15, 0.2) is 0 Å². The van der Waals surface area contributed by atoms with Gasteiger partial charge in [0.2, 0.25) is 0 Å². The van der Waals surface area contributed by atoms with Crippen LogP contribution in [-0.2, 0) is 822 Å². The fourth-order valence-corrected chi connectivity index (χ4v) is 242. The fraction of sp³-hybridized carbons (Fsp3) is 0. The topological polar surface area (TPSA) is 0 Å². The predicted molar refractivity (Wildman–Crippen MR) is 678 cm³/mol. The van der Waals surface area contributed by atoms with Crippen molar-refractivity contribution in [1.82, 2.24) is 0 Å². The van der Waals surface area contributed by atoms with Gasteiger partial charge in [-0.25, -0.2) is 0 Å². The van der Waals surface area contributed by atoms with E-state index in [4.69, 9.17) is 22.4 Å². The van der Waals surface area contributed by atoms with E-state index in [0.29, 0.717) is 0 Å². The number of hydrogen-bond donors (Lipinski definition) is 0. The zero-order chi connectivity index (χ0) is 65.6. The molecular formula is S92. The van der Waals surface area contributed by atoms with Crippen molar-refractivity contribution in [2.24, 2.45) is 0 Å². The smallest absolute Gasteiger partial charge is 0 e. The van der Waals surface area contributed by atoms with E-state index in [9.17, 15) is 0 Å². The van der Waals surface area contributed by atoms with Gasteiger partial charge in [0, 0.05) is 822 Å². The van der Waals surface area contributed by atoms with Crippen LogP contribution in [0.2, 0.25) is 0 Å². The van der Waals surface area contributed by atoms with E-state index in [1.165, 1.54) is 17.8 Å². The van der Waals surface area contributed by atoms with Gasteiger partial charge in [-0.3, -0.25) is 0 Å². The second-order valence-electron chi connectivity index (χ2n) is 6.12. The summed E-state index contributed by atoms with van der Waals surface area (Å²) in [6.45, 7) is 0. The molecule has 92 heteroatoms. The molecule has 0 saturated heterocycles. The van der Waals surface area contributed by atoms with Crippen molar-refractivity contribution < 1.29 is 0 Å². The minimum absolute atomic E-state index is 1.37. The molecule has 0 aromatic heterocycles. The highest BCUT2D eigenvalue weighted by atomic mass is 33.6. The largest absolute Gasteiger partial charge is 0 e. The van der Waals surface area contributed by atoms with E-state index in [0.717, 1.165) is 0 Å². The number of rotatable bonds is 0. The van der Waals surface area contributed by atoms with Gasteiger partial charge in [0.05, 0.1) is 0 Å². The number of hydrogen-bond acceptors (Lipinski definition) is 2. The van der Waals surface area contributed by atoms with E-state index >= 15 is 0 Å². The molecule has 0 bridgehead atoms. The fourth-order valence-electron chi connectivity index (χ4n) is 0.998. The molecule has 92 heavy (non-hydrogen) atoms. The van der Waals surface area contributed by atoms with E-state index in [-0.39, 0.29) is 0 Å². The first kappa shape index (κ1) is 112. The molecule has 0 heterocycles. The maximum Gasteiger partial charge on any atom is 0 e. The molecule has 0 aromatic rings. The maximum atomic E-state index is 4.83. The summed E-state index contributed by atoms with van der Waals surface area (Å²) in [5, 5.41) is 0. The molecule has 0 radical (unpaired) electrons. The molecule has 0 rings (SSSR count). The summed E-state index contributed by atoms with van der Waals surface area (Å²) in [6.07, 6.45) is 0. The lowest BCUT2D eigenvalue weighted by atomic mass is 30.7. The third-order valence-electron chi connectivity index (χ3n) is 2.47. The molecule has 0 aliphatic carbocycles. The van der Waals surface area contributed by atoms with Crippen molar-refractivity contribution in [3.05, 3.63) is 0 Å². The first-order valence-corrected chi connectivity index (χ1v) is 136. The van der Waals surface area contributed by atoms with Gasteiger partial charge >= 0.3 is 0 Å². The molecular weight excluding hydrogens is 2950 g/mol. The SMILES string of the molecule is S=S=S=S=S=S=S=S=S=S=S=S=S=S=S=S=S=S=S=S=S=S=S=S=S=S=S=S=S=S=S=S=S=S=S=S=S=S=S=S=S=S=S=S=S=S=S=S=S=S=S=S=S=S=S=S=S=S=S=S=S=S=S=S=S=S=S=S=S=S=S=S=S=S=S=S=S=S=S=S=S=S=S=S=S=S=S=S=S=S=S=S. The minimum Gasteiger partial charge on any atom is 0 e. The molecule has 0 amide bonds. The first-order valence-electron chi connectivity index (χ1n) is 15.2. The van der Waals surface area contributed by atoms with Gasteiger partial charge in [0.25, 0.3) is 0 Å². The van der Waals surface area contributed by atoms with Crippen molar-refractivity contribution in [1.29, 1.82) is 0 Å². The molecule has 0 fully saturated rings. The Labute approximate surface area is 795 Å². The quantitative estimate of drug-likeness (QED) is 0.330. The average Bonchev–Trinajstić information content (AvgIpc) is 3.57. The zero-order valence-corrected chi connectivity index (χ0v) is 113. The summed E-state index contributed by atoms with van der Waals surface area (Å²) in [4.78, 5) is 0. The molecule has 0 aromatic carbocycles. The molecule has 0 unspecified atom stereocenters. The van der Waals surface area contributed by atoms with Crippen molar-refractivity contribution >= 4 is 822 Å². The van der Waals surface area contributed by atoms with Crippen molar-refractivity contribution in [3.63, 3.8) is 0 Å². The Kier molecular flexibility index (Phi) is 136. The molecule has 0 N–H and O–H groups in total. The summed E-state index contributed by atoms with van der Waals surface area (Å²) >= 11 is 9.66. The highest BCUT2D eigenvalue weighted by Gasteiger charge is 1.50. The Balaban J connectivity index is 6.17. The van der Waals surface area contributed by atoms with Crippen LogP contribution in [0.15, 0.2) is 0 Å². The summed E-state index contributed by atoms with van der Waals surface area (Å²) in [7, 11) is 163. The van der Waals surface area contributed by atoms with Crippen LogP contribution >= 0.6 is 0 Å². The van der Waals surface area contributed by atoms with Gasteiger partial charge in [-0.05, 0) is 0 Å². The Bertz CT molecular complexity index is 6780. The Morgan fingerprint density at radius 3 is 0.120 bits per heavy atom. The summed E-state index contributed by atoms with van der Waals surface area (Å²) in [5.41, 5.74) is 0. The monoisotopic (exact) mass is 2940 g/mol. The van der Waals surface area contributed by atoms with Crippen LogP contribution in [0.5, 0.6) is 0 Å². The van der Waals surface area contributed by atoms with Crippen molar-refractivity contribution in [2.75, 3.05) is 0 Å². The summed E-state index contributed by atoms with van der Waals surface area (Å²) in [5.74, 6) is 0. The highest BCUT2D eigenvalue weighted by molar-refractivity contribution is 8.86. The van der Waals surface area contributed by atoms with Gasteiger partial charge < -0.3 is 0 Å². The standard InChI is InChI=1S/S92/c1-3-5-7-9-11-13-15-17-19-21-23-25-27-29-31-33-35-37-39-41-43-45-47-49-51-53-55-57-59-61-63-65-67-69-71-73-75-77-79-81-83-85-87-89-91-92-90-88-86-84-82-80-78-76-74-72-70-68-66-64-62-60-58-56-54-52-50-48-46-44-42-40-38-36-34-32-30-28-26-24-22-20-18-16-14-12-10-8-6-4-2. The van der Waals surface area contributed by atoms with Crippen LogP contribution in [0, 0.1) is 0 Å². The molecule has 0 atom stereocenters. The van der Waals surface area contributed by atoms with E-state index in [1.54, 1.807) is 107 Å². The first-order chi connectivity index (χ1) is 45.9. The summed E-state index contributed by atoms with van der Waals surface area (Å²) in [6, 6.07) is 0. The Hall–Kier alpha value is 20.2. The van der Waals surface area contributed by atoms with E-state index < -0.39 is 0 Å². The normalized spacial score (nSPS) is 7.87. The molecule has 552 valence electrons. The minimum atomic E-state index is 1.37. The van der Waals surface area contributed by atoms with Crippen molar-refractivity contribution in [3.8, 4) is 0 Å². The van der Waals surface area contributed by atoms with Crippen LogP contribution in [0.1, 0.15) is 0 Å². The van der Waals surface area contributed by atoms with Gasteiger partial charge in [-0.1, -0.05) is 0 Å². The van der Waals surface area contributed by atoms with Crippen LogP contribution in [-0.4, -0.2) is 0 Å².